The maximum absolute atomic E-state index is 10.3. The number of rotatable bonds is 3. The van der Waals surface area contributed by atoms with Crippen molar-refractivity contribution in [1.29, 1.82) is 0 Å². The fourth-order valence-electron chi connectivity index (χ4n) is 0.840. The summed E-state index contributed by atoms with van der Waals surface area (Å²) < 4.78 is 32.5. The van der Waals surface area contributed by atoms with Crippen LogP contribution in [0.4, 0.5) is 11.4 Å². The molecule has 0 saturated heterocycles. The summed E-state index contributed by atoms with van der Waals surface area (Å²) in [5.74, 6) is 0. The van der Waals surface area contributed by atoms with Gasteiger partial charge < -0.3 is 4.55 Å². The van der Waals surface area contributed by atoms with Crippen LogP contribution >= 0.6 is 11.6 Å². The molecule has 82 valence electrons. The van der Waals surface area contributed by atoms with Gasteiger partial charge in [-0.2, -0.15) is 0 Å². The molecule has 0 aliphatic carbocycles. The number of non-ortho nitro benzene ring substituents is 1. The number of benzene rings is 1. The second-order valence-electron chi connectivity index (χ2n) is 2.48. The monoisotopic (exact) mass is 274 g/mol. The SMILES string of the molecule is O=[N+]([O-])c1ccc(Cl)c(NS(=O)(=O)[O-])c1.[Na+]. The molecule has 1 rings (SSSR count). The molecule has 0 amide bonds. The minimum absolute atomic E-state index is 0. The Morgan fingerprint density at radius 3 is 2.38 bits per heavy atom. The van der Waals surface area contributed by atoms with Crippen molar-refractivity contribution in [2.45, 2.75) is 0 Å². The van der Waals surface area contributed by atoms with E-state index in [9.17, 15) is 23.1 Å². The topological polar surface area (TPSA) is 112 Å². The van der Waals surface area contributed by atoms with Gasteiger partial charge in [0.1, 0.15) is 0 Å². The summed E-state index contributed by atoms with van der Waals surface area (Å²) in [5.41, 5.74) is -0.689. The molecule has 0 unspecified atom stereocenters. The number of anilines is 1. The van der Waals surface area contributed by atoms with Gasteiger partial charge in [0, 0.05) is 12.1 Å². The van der Waals surface area contributed by atoms with Crippen molar-refractivity contribution in [3.8, 4) is 0 Å². The van der Waals surface area contributed by atoms with Gasteiger partial charge >= 0.3 is 29.6 Å². The van der Waals surface area contributed by atoms with Crippen LogP contribution in [0.5, 0.6) is 0 Å². The van der Waals surface area contributed by atoms with Crippen LogP contribution in [0.2, 0.25) is 5.02 Å². The fourth-order valence-corrected chi connectivity index (χ4v) is 1.50. The third kappa shape index (κ3) is 4.64. The van der Waals surface area contributed by atoms with Gasteiger partial charge in [0.2, 0.25) is 0 Å². The van der Waals surface area contributed by atoms with Crippen LogP contribution in [-0.2, 0) is 10.3 Å². The largest absolute Gasteiger partial charge is 1.00 e. The number of nitro benzene ring substituents is 1. The third-order valence-corrected chi connectivity index (χ3v) is 2.20. The van der Waals surface area contributed by atoms with Crippen LogP contribution in [0.3, 0.4) is 0 Å². The van der Waals surface area contributed by atoms with Crippen molar-refractivity contribution in [2.24, 2.45) is 0 Å². The molecular weight excluding hydrogens is 271 g/mol. The van der Waals surface area contributed by atoms with Crippen LogP contribution < -0.4 is 34.3 Å². The van der Waals surface area contributed by atoms with E-state index in [1.165, 1.54) is 4.72 Å². The molecule has 10 heteroatoms. The first kappa shape index (κ1) is 15.6. The van der Waals surface area contributed by atoms with Crippen molar-refractivity contribution in [3.05, 3.63) is 33.3 Å². The molecule has 0 radical (unpaired) electrons. The second-order valence-corrected chi connectivity index (χ2v) is 4.00. The van der Waals surface area contributed by atoms with Crippen LogP contribution in [0.25, 0.3) is 0 Å². The number of nitro groups is 1. The molecule has 0 aliphatic heterocycles. The molecule has 1 aromatic carbocycles. The predicted molar refractivity (Wildman–Crippen MR) is 51.4 cm³/mol. The first-order valence-corrected chi connectivity index (χ1v) is 5.26. The van der Waals surface area contributed by atoms with Gasteiger partial charge in [-0.05, 0) is 6.07 Å². The van der Waals surface area contributed by atoms with E-state index in [1.54, 1.807) is 0 Å². The Morgan fingerprint density at radius 2 is 1.94 bits per heavy atom. The van der Waals surface area contributed by atoms with Gasteiger partial charge in [-0.25, -0.2) is 8.42 Å². The van der Waals surface area contributed by atoms with E-state index in [2.05, 4.69) is 0 Å². The minimum atomic E-state index is -4.75. The molecule has 0 heterocycles. The zero-order valence-corrected chi connectivity index (χ0v) is 11.6. The van der Waals surface area contributed by atoms with Crippen LogP contribution in [-0.4, -0.2) is 17.9 Å². The summed E-state index contributed by atoms with van der Waals surface area (Å²) in [7, 11) is -4.75. The average Bonchev–Trinajstić information content (AvgIpc) is 2.06. The molecular formula is C6H4ClN2NaO5S. The molecule has 0 fully saturated rings. The molecule has 0 aliphatic rings. The quantitative estimate of drug-likeness (QED) is 0.300. The average molecular weight is 275 g/mol. The molecule has 7 nitrogen and oxygen atoms in total. The first-order valence-electron chi connectivity index (χ1n) is 3.47. The Hall–Kier alpha value is -0.380. The number of nitrogens with zero attached hydrogens (tertiary/aromatic N) is 1. The molecule has 0 spiro atoms. The number of halogens is 1. The van der Waals surface area contributed by atoms with Crippen LogP contribution in [0.1, 0.15) is 0 Å². The van der Waals surface area contributed by atoms with E-state index >= 15 is 0 Å². The minimum Gasteiger partial charge on any atom is -0.731 e. The Morgan fingerprint density at radius 1 is 1.38 bits per heavy atom. The normalized spacial score (nSPS) is 10.4. The van der Waals surface area contributed by atoms with E-state index in [4.69, 9.17) is 11.6 Å². The fraction of sp³-hybridized carbons (Fsp3) is 0. The molecule has 0 saturated carbocycles. The number of hydrogen-bond donors (Lipinski definition) is 1. The van der Waals surface area contributed by atoms with E-state index in [0.29, 0.717) is 0 Å². The predicted octanol–water partition coefficient (Wildman–Crippen LogP) is -1.88. The van der Waals surface area contributed by atoms with Crippen molar-refractivity contribution < 1.29 is 47.5 Å². The summed E-state index contributed by atoms with van der Waals surface area (Å²) in [5, 5.41) is 10.2. The Labute approximate surface area is 118 Å². The Bertz CT molecular complexity index is 506. The van der Waals surface area contributed by atoms with Crippen molar-refractivity contribution in [1.82, 2.24) is 0 Å². The zero-order valence-electron chi connectivity index (χ0n) is 8.01. The molecule has 0 bridgehead atoms. The van der Waals surface area contributed by atoms with E-state index in [0.717, 1.165) is 18.2 Å². The Kier molecular flexibility index (Phi) is 5.66. The molecule has 16 heavy (non-hydrogen) atoms. The maximum Gasteiger partial charge on any atom is 1.00 e. The van der Waals surface area contributed by atoms with E-state index < -0.39 is 15.2 Å². The van der Waals surface area contributed by atoms with Gasteiger partial charge in [0.25, 0.3) is 5.69 Å². The standard InChI is InChI=1S/C6H5ClN2O5S.Na/c7-5-2-1-4(9(10)11)3-6(5)8-15(12,13)14;/h1-3,8H,(H,12,13,14);/q;+1/p-1. The van der Waals surface area contributed by atoms with Gasteiger partial charge in [-0.15, -0.1) is 0 Å². The molecule has 1 N–H and O–H groups in total. The van der Waals surface area contributed by atoms with E-state index in [-0.39, 0.29) is 46.0 Å². The number of nitrogens with one attached hydrogen (secondary N) is 1. The number of hydrogen-bond acceptors (Lipinski definition) is 5. The summed E-state index contributed by atoms with van der Waals surface area (Å²) in [4.78, 5) is 9.60. The van der Waals surface area contributed by atoms with Crippen molar-refractivity contribution in [2.75, 3.05) is 4.72 Å². The smallest absolute Gasteiger partial charge is 0.731 e. The summed E-state index contributed by atoms with van der Waals surface area (Å²) in [6.45, 7) is 0. The first-order chi connectivity index (χ1) is 6.79. The van der Waals surface area contributed by atoms with Crippen molar-refractivity contribution >= 4 is 33.3 Å². The van der Waals surface area contributed by atoms with Crippen molar-refractivity contribution in [3.63, 3.8) is 0 Å². The summed E-state index contributed by atoms with van der Waals surface area (Å²) >= 11 is 5.52. The maximum atomic E-state index is 10.3. The van der Waals surface area contributed by atoms with E-state index in [1.807, 2.05) is 0 Å². The molecule has 0 aromatic heterocycles. The molecule has 1 aromatic rings. The summed E-state index contributed by atoms with van der Waals surface area (Å²) in [6, 6.07) is 3.07. The van der Waals surface area contributed by atoms with Crippen LogP contribution in [0, 0.1) is 10.1 Å². The zero-order chi connectivity index (χ0) is 11.6. The van der Waals surface area contributed by atoms with Gasteiger partial charge in [-0.1, -0.05) is 11.6 Å². The second kappa shape index (κ2) is 5.80. The van der Waals surface area contributed by atoms with Gasteiger partial charge in [0.05, 0.1) is 15.6 Å². The van der Waals surface area contributed by atoms with Gasteiger partial charge in [-0.3, -0.25) is 14.8 Å². The molecule has 0 atom stereocenters. The van der Waals surface area contributed by atoms with Gasteiger partial charge in [0.15, 0.2) is 10.3 Å². The van der Waals surface area contributed by atoms with Crippen LogP contribution in [0.15, 0.2) is 18.2 Å². The summed E-state index contributed by atoms with van der Waals surface area (Å²) in [6.07, 6.45) is 0. The Balaban J connectivity index is 0.00000225. The third-order valence-electron chi connectivity index (χ3n) is 1.40.